The highest BCUT2D eigenvalue weighted by Crippen LogP contribution is 2.33. The zero-order chi connectivity index (χ0) is 15.6. The molecule has 1 unspecified atom stereocenters. The first kappa shape index (κ1) is 15.7. The van der Waals surface area contributed by atoms with E-state index in [1.165, 1.54) is 18.5 Å². The average Bonchev–Trinajstić information content (AvgIpc) is 2.40. The van der Waals surface area contributed by atoms with E-state index < -0.39 is 29.2 Å². The number of rotatable bonds is 3. The van der Waals surface area contributed by atoms with Gasteiger partial charge in [0, 0.05) is 24.4 Å². The highest BCUT2D eigenvalue weighted by molar-refractivity contribution is 6.31. The zero-order valence-corrected chi connectivity index (χ0v) is 11.3. The van der Waals surface area contributed by atoms with Gasteiger partial charge in [-0.25, -0.2) is 4.39 Å². The molecule has 7 heteroatoms. The first-order valence-electron chi connectivity index (χ1n) is 5.92. The molecular weight excluding hydrogens is 310 g/mol. The van der Waals surface area contributed by atoms with Crippen molar-refractivity contribution in [1.82, 2.24) is 4.98 Å². The molecule has 0 aliphatic carbocycles. The lowest BCUT2D eigenvalue weighted by molar-refractivity contribution is -0.137. The van der Waals surface area contributed by atoms with Crippen molar-refractivity contribution in [2.75, 3.05) is 0 Å². The van der Waals surface area contributed by atoms with Crippen LogP contribution in [-0.4, -0.2) is 10.1 Å². The number of pyridine rings is 1. The van der Waals surface area contributed by atoms with Crippen molar-refractivity contribution in [2.24, 2.45) is 0 Å². The molecule has 0 saturated carbocycles. The van der Waals surface area contributed by atoms with Crippen LogP contribution in [0.3, 0.4) is 0 Å². The first-order valence-corrected chi connectivity index (χ1v) is 6.30. The molecule has 0 saturated heterocycles. The Labute approximate surface area is 123 Å². The van der Waals surface area contributed by atoms with E-state index in [-0.39, 0.29) is 11.4 Å². The predicted octanol–water partition coefficient (Wildman–Crippen LogP) is 4.17. The molecule has 0 amide bonds. The summed E-state index contributed by atoms with van der Waals surface area (Å²) in [5.41, 5.74) is -0.965. The van der Waals surface area contributed by atoms with Gasteiger partial charge in [0.1, 0.15) is 5.82 Å². The van der Waals surface area contributed by atoms with Crippen molar-refractivity contribution in [3.05, 3.63) is 64.2 Å². The molecule has 1 atom stereocenters. The Balaban J connectivity index is 2.31. The van der Waals surface area contributed by atoms with E-state index >= 15 is 0 Å². The monoisotopic (exact) mass is 319 g/mol. The maximum atomic E-state index is 13.6. The number of aliphatic hydroxyl groups is 1. The van der Waals surface area contributed by atoms with Crippen molar-refractivity contribution in [3.63, 3.8) is 0 Å². The molecule has 1 aromatic carbocycles. The molecule has 1 N–H and O–H groups in total. The minimum absolute atomic E-state index is 0.112. The maximum Gasteiger partial charge on any atom is 0.416 e. The van der Waals surface area contributed by atoms with E-state index in [1.54, 1.807) is 0 Å². The van der Waals surface area contributed by atoms with Gasteiger partial charge < -0.3 is 5.11 Å². The van der Waals surface area contributed by atoms with E-state index in [2.05, 4.69) is 4.98 Å². The van der Waals surface area contributed by atoms with Gasteiger partial charge in [-0.3, -0.25) is 4.98 Å². The summed E-state index contributed by atoms with van der Waals surface area (Å²) in [4.78, 5) is 3.75. The van der Waals surface area contributed by atoms with Crippen LogP contribution in [0.5, 0.6) is 0 Å². The molecule has 21 heavy (non-hydrogen) atoms. The lowest BCUT2D eigenvalue weighted by atomic mass is 9.99. The van der Waals surface area contributed by atoms with Gasteiger partial charge in [-0.15, -0.1) is 0 Å². The van der Waals surface area contributed by atoms with Crippen molar-refractivity contribution in [3.8, 4) is 0 Å². The smallest absolute Gasteiger partial charge is 0.388 e. The SMILES string of the molecule is OC(Cc1ccncc1Cl)c1cc(C(F)(F)F)ccc1F. The molecule has 0 bridgehead atoms. The summed E-state index contributed by atoms with van der Waals surface area (Å²) in [6, 6.07) is 3.44. The van der Waals surface area contributed by atoms with Crippen LogP contribution in [-0.2, 0) is 12.6 Å². The summed E-state index contributed by atoms with van der Waals surface area (Å²) in [5.74, 6) is -0.902. The highest BCUT2D eigenvalue weighted by Gasteiger charge is 2.31. The van der Waals surface area contributed by atoms with Gasteiger partial charge in [0.05, 0.1) is 16.7 Å². The van der Waals surface area contributed by atoms with Crippen molar-refractivity contribution in [1.29, 1.82) is 0 Å². The molecule has 2 rings (SSSR count). The fraction of sp³-hybridized carbons (Fsp3) is 0.214. The maximum absolute atomic E-state index is 13.6. The summed E-state index contributed by atoms with van der Waals surface area (Å²) in [6.07, 6.45) is -3.38. The van der Waals surface area contributed by atoms with Crippen molar-refractivity contribution in [2.45, 2.75) is 18.7 Å². The number of benzene rings is 1. The molecule has 112 valence electrons. The summed E-state index contributed by atoms with van der Waals surface area (Å²) in [5, 5.41) is 10.2. The van der Waals surface area contributed by atoms with Gasteiger partial charge in [-0.2, -0.15) is 13.2 Å². The van der Waals surface area contributed by atoms with Crippen LogP contribution < -0.4 is 0 Å². The van der Waals surface area contributed by atoms with Gasteiger partial charge in [0.15, 0.2) is 0 Å². The number of hydrogen-bond donors (Lipinski definition) is 1. The quantitative estimate of drug-likeness (QED) is 0.861. The van der Waals surface area contributed by atoms with Crippen LogP contribution in [0.2, 0.25) is 5.02 Å². The standard InChI is InChI=1S/C14H10ClF4NO/c15-11-7-20-4-3-8(11)5-13(21)10-6-9(14(17,18)19)1-2-12(10)16/h1-4,6-7,13,21H,5H2. The van der Waals surface area contributed by atoms with Crippen molar-refractivity contribution >= 4 is 11.6 Å². The molecule has 1 aromatic heterocycles. The highest BCUT2D eigenvalue weighted by atomic mass is 35.5. The number of alkyl halides is 3. The predicted molar refractivity (Wildman–Crippen MR) is 69.3 cm³/mol. The number of hydrogen-bond acceptors (Lipinski definition) is 2. The molecular formula is C14H10ClF4NO. The number of nitrogens with zero attached hydrogens (tertiary/aromatic N) is 1. The van der Waals surface area contributed by atoms with Crippen LogP contribution in [0.4, 0.5) is 17.6 Å². The van der Waals surface area contributed by atoms with E-state index in [9.17, 15) is 22.7 Å². The van der Waals surface area contributed by atoms with E-state index in [0.717, 1.165) is 0 Å². The fourth-order valence-corrected chi connectivity index (χ4v) is 2.06. The van der Waals surface area contributed by atoms with Crippen LogP contribution in [0.25, 0.3) is 0 Å². The Morgan fingerprint density at radius 1 is 1.24 bits per heavy atom. The summed E-state index contributed by atoms with van der Waals surface area (Å²) in [7, 11) is 0. The van der Waals surface area contributed by atoms with E-state index in [0.29, 0.717) is 23.8 Å². The van der Waals surface area contributed by atoms with Crippen LogP contribution in [0, 0.1) is 5.82 Å². The second kappa shape index (κ2) is 5.99. The second-order valence-corrected chi connectivity index (χ2v) is 4.83. The Bertz CT molecular complexity index is 645. The Morgan fingerprint density at radius 2 is 1.95 bits per heavy atom. The summed E-state index contributed by atoms with van der Waals surface area (Å²) < 4.78 is 51.5. The van der Waals surface area contributed by atoms with Crippen LogP contribution in [0.15, 0.2) is 36.7 Å². The second-order valence-electron chi connectivity index (χ2n) is 4.42. The number of halogens is 5. The Kier molecular flexibility index (Phi) is 4.49. The molecule has 2 nitrogen and oxygen atoms in total. The first-order chi connectivity index (χ1) is 9.79. The van der Waals surface area contributed by atoms with Gasteiger partial charge in [-0.1, -0.05) is 11.6 Å². The summed E-state index contributed by atoms with van der Waals surface area (Å²) >= 11 is 5.85. The number of aromatic nitrogens is 1. The average molecular weight is 320 g/mol. The summed E-state index contributed by atoms with van der Waals surface area (Å²) in [6.45, 7) is 0. The van der Waals surface area contributed by atoms with Gasteiger partial charge in [0.25, 0.3) is 0 Å². The Hall–Kier alpha value is -1.66. The molecule has 0 spiro atoms. The lowest BCUT2D eigenvalue weighted by Gasteiger charge is -2.15. The molecule has 0 aliphatic rings. The molecule has 0 radical (unpaired) electrons. The van der Waals surface area contributed by atoms with Gasteiger partial charge in [-0.05, 0) is 29.8 Å². The normalized spacial score (nSPS) is 13.2. The van der Waals surface area contributed by atoms with E-state index in [1.807, 2.05) is 0 Å². The van der Waals surface area contributed by atoms with Crippen molar-refractivity contribution < 1.29 is 22.7 Å². The topological polar surface area (TPSA) is 33.1 Å². The molecule has 0 aliphatic heterocycles. The molecule has 1 heterocycles. The van der Waals surface area contributed by atoms with Gasteiger partial charge in [0.2, 0.25) is 0 Å². The third-order valence-electron chi connectivity index (χ3n) is 2.95. The molecule has 0 fully saturated rings. The third-order valence-corrected chi connectivity index (χ3v) is 3.29. The minimum atomic E-state index is -4.60. The largest absolute Gasteiger partial charge is 0.416 e. The third kappa shape index (κ3) is 3.71. The van der Waals surface area contributed by atoms with E-state index in [4.69, 9.17) is 11.6 Å². The van der Waals surface area contributed by atoms with Crippen LogP contribution >= 0.6 is 11.6 Å². The fourth-order valence-electron chi connectivity index (χ4n) is 1.86. The number of aliphatic hydroxyl groups excluding tert-OH is 1. The lowest BCUT2D eigenvalue weighted by Crippen LogP contribution is -2.10. The Morgan fingerprint density at radius 3 is 2.57 bits per heavy atom. The zero-order valence-electron chi connectivity index (χ0n) is 10.5. The minimum Gasteiger partial charge on any atom is -0.388 e. The van der Waals surface area contributed by atoms with Crippen LogP contribution in [0.1, 0.15) is 22.8 Å². The molecule has 2 aromatic rings. The van der Waals surface area contributed by atoms with Gasteiger partial charge >= 0.3 is 6.18 Å².